The highest BCUT2D eigenvalue weighted by Gasteiger charge is 2.35. The van der Waals surface area contributed by atoms with Gasteiger partial charge in [-0.05, 0) is 12.1 Å². The molecule has 0 saturated heterocycles. The van der Waals surface area contributed by atoms with E-state index in [0.717, 1.165) is 5.46 Å². The van der Waals surface area contributed by atoms with Crippen LogP contribution in [0.25, 0.3) is 0 Å². The molecule has 2 aromatic carbocycles. The molecule has 1 heterocycles. The van der Waals surface area contributed by atoms with Gasteiger partial charge in [0.1, 0.15) is 5.75 Å². The zero-order valence-electron chi connectivity index (χ0n) is 8.39. The second-order valence-electron chi connectivity index (χ2n) is 3.55. The van der Waals surface area contributed by atoms with Crippen molar-refractivity contribution >= 4 is 12.6 Å². The van der Waals surface area contributed by atoms with Crippen LogP contribution in [0.1, 0.15) is 0 Å². The summed E-state index contributed by atoms with van der Waals surface area (Å²) in [6, 6.07) is 14.1. The topological polar surface area (TPSA) is 18.5 Å². The maximum Gasteiger partial charge on any atom is 0.632 e. The Morgan fingerprint density at radius 3 is 2.44 bits per heavy atom. The van der Waals surface area contributed by atoms with Gasteiger partial charge in [0.25, 0.3) is 0 Å². The third kappa shape index (κ3) is 1.43. The summed E-state index contributed by atoms with van der Waals surface area (Å²) in [6.07, 6.45) is 0. The van der Waals surface area contributed by atoms with Crippen molar-refractivity contribution < 1.29 is 13.7 Å². The molecule has 0 fully saturated rings. The number of hydrogen-bond donors (Lipinski definition) is 0. The first-order valence-electron chi connectivity index (χ1n) is 5.01. The predicted molar refractivity (Wildman–Crippen MR) is 59.5 cm³/mol. The molecule has 0 spiro atoms. The zero-order valence-corrected chi connectivity index (χ0v) is 8.39. The maximum absolute atomic E-state index is 13.4. The highest BCUT2D eigenvalue weighted by atomic mass is 19.1. The second kappa shape index (κ2) is 3.56. The molecule has 0 radical (unpaired) electrons. The minimum Gasteiger partial charge on any atom is -0.519 e. The molecule has 0 aliphatic carbocycles. The van der Waals surface area contributed by atoms with E-state index in [0.29, 0.717) is 5.75 Å². The molecule has 2 nitrogen and oxygen atoms in total. The van der Waals surface area contributed by atoms with E-state index in [1.165, 1.54) is 6.07 Å². The van der Waals surface area contributed by atoms with Crippen LogP contribution in [-0.2, 0) is 0 Å². The fourth-order valence-corrected chi connectivity index (χ4v) is 1.69. The summed E-state index contributed by atoms with van der Waals surface area (Å²) in [6.45, 7) is 0. The van der Waals surface area contributed by atoms with Crippen LogP contribution in [0.2, 0.25) is 0 Å². The van der Waals surface area contributed by atoms with Crippen molar-refractivity contribution in [3.63, 3.8) is 0 Å². The van der Waals surface area contributed by atoms with Crippen molar-refractivity contribution in [1.82, 2.24) is 0 Å². The minimum absolute atomic E-state index is 0.191. The lowest BCUT2D eigenvalue weighted by atomic mass is 9.79. The molecule has 0 bridgehead atoms. The van der Waals surface area contributed by atoms with Crippen molar-refractivity contribution in [2.24, 2.45) is 0 Å². The van der Waals surface area contributed by atoms with Crippen molar-refractivity contribution in [1.29, 1.82) is 0 Å². The van der Waals surface area contributed by atoms with Crippen LogP contribution >= 0.6 is 0 Å². The molecule has 0 atom stereocenters. The van der Waals surface area contributed by atoms with Crippen molar-refractivity contribution in [3.8, 4) is 11.5 Å². The average Bonchev–Trinajstić information content (AvgIpc) is 2.76. The molecule has 2 aromatic rings. The highest BCUT2D eigenvalue weighted by molar-refractivity contribution is 6.63. The van der Waals surface area contributed by atoms with Crippen LogP contribution in [0.5, 0.6) is 11.5 Å². The Morgan fingerprint density at radius 2 is 1.69 bits per heavy atom. The summed E-state index contributed by atoms with van der Waals surface area (Å²) in [7, 11) is -0.548. The third-order valence-electron chi connectivity index (χ3n) is 2.46. The first-order chi connectivity index (χ1) is 7.84. The van der Waals surface area contributed by atoms with E-state index in [2.05, 4.69) is 0 Å². The van der Waals surface area contributed by atoms with Gasteiger partial charge in [-0.2, -0.15) is 0 Å². The van der Waals surface area contributed by atoms with Crippen LogP contribution in [0.4, 0.5) is 4.39 Å². The molecule has 16 heavy (non-hydrogen) atoms. The van der Waals surface area contributed by atoms with Crippen LogP contribution < -0.4 is 14.8 Å². The molecular weight excluding hydrogens is 206 g/mol. The highest BCUT2D eigenvalue weighted by Crippen LogP contribution is 2.35. The summed E-state index contributed by atoms with van der Waals surface area (Å²) < 4.78 is 24.3. The molecule has 0 amide bonds. The SMILES string of the molecule is Fc1cccc2c1OB(c1ccccc1)O2. The normalized spacial score (nSPS) is 12.9. The molecule has 1 aliphatic rings. The average molecular weight is 214 g/mol. The number of benzene rings is 2. The number of rotatable bonds is 1. The lowest BCUT2D eigenvalue weighted by molar-refractivity contribution is 0.496. The van der Waals surface area contributed by atoms with Gasteiger partial charge in [-0.25, -0.2) is 4.39 Å². The lowest BCUT2D eigenvalue weighted by Gasteiger charge is -2.03. The maximum atomic E-state index is 13.4. The van der Waals surface area contributed by atoms with Crippen molar-refractivity contribution in [2.45, 2.75) is 0 Å². The largest absolute Gasteiger partial charge is 0.632 e. The van der Waals surface area contributed by atoms with E-state index in [4.69, 9.17) is 9.31 Å². The summed E-state index contributed by atoms with van der Waals surface area (Å²) in [5, 5.41) is 0. The first kappa shape index (κ1) is 9.27. The minimum atomic E-state index is -0.548. The summed E-state index contributed by atoms with van der Waals surface area (Å²) >= 11 is 0. The fourth-order valence-electron chi connectivity index (χ4n) is 1.69. The Morgan fingerprint density at radius 1 is 0.875 bits per heavy atom. The van der Waals surface area contributed by atoms with Crippen LogP contribution in [-0.4, -0.2) is 7.12 Å². The smallest absolute Gasteiger partial charge is 0.519 e. The van der Waals surface area contributed by atoms with E-state index in [-0.39, 0.29) is 5.75 Å². The Balaban J connectivity index is 1.94. The second-order valence-corrected chi connectivity index (χ2v) is 3.55. The lowest BCUT2D eigenvalue weighted by Crippen LogP contribution is -2.38. The Labute approximate surface area is 92.8 Å². The first-order valence-corrected chi connectivity index (χ1v) is 5.01. The number of fused-ring (bicyclic) bond motifs is 1. The Hall–Kier alpha value is -1.97. The van der Waals surface area contributed by atoms with Crippen molar-refractivity contribution in [3.05, 3.63) is 54.3 Å². The Kier molecular flexibility index (Phi) is 2.06. The van der Waals surface area contributed by atoms with Gasteiger partial charge >= 0.3 is 7.12 Å². The summed E-state index contributed by atoms with van der Waals surface area (Å²) in [5.74, 6) is 0.251. The van der Waals surface area contributed by atoms with E-state index in [1.54, 1.807) is 12.1 Å². The molecule has 3 rings (SSSR count). The van der Waals surface area contributed by atoms with Gasteiger partial charge in [-0.15, -0.1) is 0 Å². The van der Waals surface area contributed by atoms with Gasteiger partial charge in [0.05, 0.1) is 0 Å². The van der Waals surface area contributed by atoms with Crippen LogP contribution in [0.15, 0.2) is 48.5 Å². The zero-order chi connectivity index (χ0) is 11.0. The molecular formula is C12H8BFO2. The molecule has 78 valence electrons. The molecule has 0 unspecified atom stereocenters. The van der Waals surface area contributed by atoms with E-state index in [1.807, 2.05) is 30.3 Å². The summed E-state index contributed by atoms with van der Waals surface area (Å²) in [5.41, 5.74) is 0.873. The van der Waals surface area contributed by atoms with E-state index >= 15 is 0 Å². The monoisotopic (exact) mass is 214 g/mol. The number of hydrogen-bond acceptors (Lipinski definition) is 2. The van der Waals surface area contributed by atoms with Gasteiger partial charge in [-0.3, -0.25) is 0 Å². The Bertz CT molecular complexity index is 516. The van der Waals surface area contributed by atoms with Gasteiger partial charge in [0.2, 0.25) is 0 Å². The number of halogens is 1. The van der Waals surface area contributed by atoms with Crippen molar-refractivity contribution in [2.75, 3.05) is 0 Å². The van der Waals surface area contributed by atoms with Crippen LogP contribution in [0, 0.1) is 5.82 Å². The molecule has 1 aliphatic heterocycles. The summed E-state index contributed by atoms with van der Waals surface area (Å²) in [4.78, 5) is 0. The molecule has 4 heteroatoms. The molecule has 0 saturated carbocycles. The van der Waals surface area contributed by atoms with Gasteiger partial charge in [-0.1, -0.05) is 36.4 Å². The standard InChI is InChI=1S/C12H8BFO2/c14-10-7-4-8-11-12(10)16-13(15-11)9-5-2-1-3-6-9/h1-8H. The van der Waals surface area contributed by atoms with Crippen LogP contribution in [0.3, 0.4) is 0 Å². The molecule has 0 aromatic heterocycles. The van der Waals surface area contributed by atoms with Gasteiger partial charge in [0, 0.05) is 5.46 Å². The predicted octanol–water partition coefficient (Wildman–Crippen LogP) is 1.99. The number of para-hydroxylation sites is 1. The quantitative estimate of drug-likeness (QED) is 0.675. The fraction of sp³-hybridized carbons (Fsp3) is 0. The molecule has 0 N–H and O–H groups in total. The van der Waals surface area contributed by atoms with E-state index in [9.17, 15) is 4.39 Å². The van der Waals surface area contributed by atoms with Gasteiger partial charge in [0.15, 0.2) is 11.6 Å². The third-order valence-corrected chi connectivity index (χ3v) is 2.46. The van der Waals surface area contributed by atoms with Gasteiger partial charge < -0.3 is 9.31 Å². The van der Waals surface area contributed by atoms with E-state index < -0.39 is 12.9 Å².